The molecular formula is C16H20F3NO. The molecule has 2 aliphatic rings. The lowest BCUT2D eigenvalue weighted by Crippen LogP contribution is -2.50. The van der Waals surface area contributed by atoms with E-state index >= 15 is 0 Å². The van der Waals surface area contributed by atoms with Gasteiger partial charge in [0.2, 0.25) is 0 Å². The molecule has 2 nitrogen and oxygen atoms in total. The van der Waals surface area contributed by atoms with Gasteiger partial charge in [0.05, 0.1) is 6.61 Å². The van der Waals surface area contributed by atoms with Gasteiger partial charge >= 0.3 is 6.18 Å². The van der Waals surface area contributed by atoms with E-state index in [0.29, 0.717) is 18.9 Å². The van der Waals surface area contributed by atoms with Gasteiger partial charge in [-0.05, 0) is 43.2 Å². The third-order valence-corrected chi connectivity index (χ3v) is 4.53. The maximum atomic E-state index is 12.8. The van der Waals surface area contributed by atoms with E-state index in [0.717, 1.165) is 30.6 Å². The molecule has 5 heteroatoms. The van der Waals surface area contributed by atoms with E-state index in [1.54, 1.807) is 0 Å². The highest BCUT2D eigenvalue weighted by atomic mass is 19.4. The van der Waals surface area contributed by atoms with E-state index in [1.165, 1.54) is 0 Å². The molecule has 0 spiro atoms. The van der Waals surface area contributed by atoms with Gasteiger partial charge in [0.1, 0.15) is 11.8 Å². The van der Waals surface area contributed by atoms with Crippen LogP contribution in [0.4, 0.5) is 13.2 Å². The number of hydrogen-bond acceptors (Lipinski definition) is 2. The summed E-state index contributed by atoms with van der Waals surface area (Å²) < 4.78 is 44.2. The van der Waals surface area contributed by atoms with Gasteiger partial charge in [0.25, 0.3) is 0 Å². The fourth-order valence-electron chi connectivity index (χ4n) is 3.47. The van der Waals surface area contributed by atoms with Crippen LogP contribution in [0.3, 0.4) is 0 Å². The summed E-state index contributed by atoms with van der Waals surface area (Å²) in [5.41, 5.74) is 1.14. The molecule has 0 aliphatic carbocycles. The minimum Gasteiger partial charge on any atom is -0.493 e. The van der Waals surface area contributed by atoms with Crippen molar-refractivity contribution in [3.05, 3.63) is 29.8 Å². The van der Waals surface area contributed by atoms with Gasteiger partial charge < -0.3 is 10.1 Å². The largest absolute Gasteiger partial charge is 0.493 e. The number of benzene rings is 1. The van der Waals surface area contributed by atoms with Gasteiger partial charge in [0.15, 0.2) is 0 Å². The Morgan fingerprint density at radius 2 is 1.95 bits per heavy atom. The van der Waals surface area contributed by atoms with Crippen molar-refractivity contribution in [3.63, 3.8) is 0 Å². The van der Waals surface area contributed by atoms with Crippen molar-refractivity contribution in [2.75, 3.05) is 6.61 Å². The van der Waals surface area contributed by atoms with Crippen molar-refractivity contribution < 1.29 is 17.9 Å². The van der Waals surface area contributed by atoms with E-state index in [1.807, 2.05) is 24.3 Å². The van der Waals surface area contributed by atoms with Crippen molar-refractivity contribution in [3.8, 4) is 5.75 Å². The number of nitrogens with one attached hydrogen (secondary N) is 1. The monoisotopic (exact) mass is 299 g/mol. The second-order valence-electron chi connectivity index (χ2n) is 6.00. The van der Waals surface area contributed by atoms with Gasteiger partial charge in [-0.2, -0.15) is 13.2 Å². The third-order valence-electron chi connectivity index (χ3n) is 4.53. The predicted molar refractivity (Wildman–Crippen MR) is 74.5 cm³/mol. The van der Waals surface area contributed by atoms with Gasteiger partial charge in [-0.1, -0.05) is 24.6 Å². The lowest BCUT2D eigenvalue weighted by molar-refractivity contribution is -0.163. The van der Waals surface area contributed by atoms with Gasteiger partial charge in [-0.25, -0.2) is 0 Å². The van der Waals surface area contributed by atoms with E-state index < -0.39 is 12.2 Å². The van der Waals surface area contributed by atoms with Crippen LogP contribution in [0.1, 0.15) is 43.6 Å². The number of rotatable bonds is 2. The van der Waals surface area contributed by atoms with Crippen LogP contribution in [0.15, 0.2) is 24.3 Å². The fraction of sp³-hybridized carbons (Fsp3) is 0.625. The summed E-state index contributed by atoms with van der Waals surface area (Å²) in [6.07, 6.45) is -0.825. The summed E-state index contributed by atoms with van der Waals surface area (Å²) in [6, 6.07) is 6.47. The van der Waals surface area contributed by atoms with E-state index in [2.05, 4.69) is 5.32 Å². The first-order valence-corrected chi connectivity index (χ1v) is 7.58. The Labute approximate surface area is 122 Å². The molecule has 1 saturated heterocycles. The van der Waals surface area contributed by atoms with Crippen LogP contribution in [-0.2, 0) is 0 Å². The zero-order valence-corrected chi connectivity index (χ0v) is 11.8. The van der Waals surface area contributed by atoms with Crippen LogP contribution < -0.4 is 10.1 Å². The zero-order valence-electron chi connectivity index (χ0n) is 11.8. The Kier molecular flexibility index (Phi) is 4.11. The molecule has 0 aromatic heterocycles. The Morgan fingerprint density at radius 3 is 2.76 bits per heavy atom. The summed E-state index contributed by atoms with van der Waals surface area (Å²) in [4.78, 5) is 0. The maximum Gasteiger partial charge on any atom is 0.403 e. The summed E-state index contributed by atoms with van der Waals surface area (Å²) in [5, 5.41) is 2.81. The van der Waals surface area contributed by atoms with Crippen molar-refractivity contribution in [1.29, 1.82) is 0 Å². The van der Waals surface area contributed by atoms with Crippen molar-refractivity contribution in [1.82, 2.24) is 5.32 Å². The average Bonchev–Trinajstić information content (AvgIpc) is 2.47. The van der Waals surface area contributed by atoms with Gasteiger partial charge in [-0.15, -0.1) is 0 Å². The van der Waals surface area contributed by atoms with Crippen LogP contribution in [0.2, 0.25) is 0 Å². The van der Waals surface area contributed by atoms with Crippen LogP contribution in [0.25, 0.3) is 0 Å². The van der Waals surface area contributed by atoms with Gasteiger partial charge in [-0.3, -0.25) is 0 Å². The summed E-state index contributed by atoms with van der Waals surface area (Å²) in [7, 11) is 0. The summed E-state index contributed by atoms with van der Waals surface area (Å²) in [6.45, 7) is 0.650. The van der Waals surface area contributed by atoms with Crippen molar-refractivity contribution in [2.45, 2.75) is 56.3 Å². The Bertz CT molecular complexity index is 489. The normalized spacial score (nSPS) is 29.6. The van der Waals surface area contributed by atoms with E-state index in [9.17, 15) is 13.2 Å². The zero-order chi connectivity index (χ0) is 14.9. The van der Waals surface area contributed by atoms with Gasteiger partial charge in [0, 0.05) is 6.04 Å². The summed E-state index contributed by atoms with van der Waals surface area (Å²) in [5.74, 6) is 1.18. The lowest BCUT2D eigenvalue weighted by atomic mass is 9.84. The quantitative estimate of drug-likeness (QED) is 0.890. The highest BCUT2D eigenvalue weighted by molar-refractivity contribution is 5.37. The molecule has 2 heterocycles. The second-order valence-corrected chi connectivity index (χ2v) is 6.00. The molecule has 0 amide bonds. The first-order valence-electron chi connectivity index (χ1n) is 7.58. The number of fused-ring (bicyclic) bond motifs is 1. The molecule has 3 atom stereocenters. The number of alkyl halides is 3. The molecule has 1 N–H and O–H groups in total. The molecule has 21 heavy (non-hydrogen) atoms. The molecular weight excluding hydrogens is 279 g/mol. The highest BCUT2D eigenvalue weighted by Gasteiger charge is 2.42. The minimum absolute atomic E-state index is 0.0541. The van der Waals surface area contributed by atoms with Crippen LogP contribution >= 0.6 is 0 Å². The molecule has 3 unspecified atom stereocenters. The van der Waals surface area contributed by atoms with Crippen LogP contribution in [0, 0.1) is 0 Å². The van der Waals surface area contributed by atoms with E-state index in [-0.39, 0.29) is 12.5 Å². The number of piperidine rings is 1. The SMILES string of the molecule is FC(F)(F)C1CCCC(CC2CCOc3ccccc32)N1. The molecule has 116 valence electrons. The topological polar surface area (TPSA) is 21.3 Å². The molecule has 1 fully saturated rings. The standard InChI is InChI=1S/C16H20F3NO/c17-16(18,19)15-7-3-4-12(20-15)10-11-8-9-21-14-6-2-1-5-13(11)14/h1-2,5-6,11-12,15,20H,3-4,7-10H2. The average molecular weight is 299 g/mol. The number of para-hydroxylation sites is 1. The second kappa shape index (κ2) is 5.87. The Balaban J connectivity index is 1.67. The molecule has 1 aromatic carbocycles. The minimum atomic E-state index is -4.13. The number of halogens is 3. The van der Waals surface area contributed by atoms with Crippen LogP contribution in [0.5, 0.6) is 5.75 Å². The summed E-state index contributed by atoms with van der Waals surface area (Å²) >= 11 is 0. The van der Waals surface area contributed by atoms with Crippen LogP contribution in [-0.4, -0.2) is 24.9 Å². The maximum absolute atomic E-state index is 12.8. The Hall–Kier alpha value is -1.23. The molecule has 1 aromatic rings. The van der Waals surface area contributed by atoms with Crippen molar-refractivity contribution in [2.24, 2.45) is 0 Å². The van der Waals surface area contributed by atoms with Crippen molar-refractivity contribution >= 4 is 0 Å². The molecule has 3 rings (SSSR count). The number of hydrogen-bond donors (Lipinski definition) is 1. The molecule has 0 saturated carbocycles. The molecule has 0 bridgehead atoms. The predicted octanol–water partition coefficient (Wildman–Crippen LogP) is 4.02. The Morgan fingerprint density at radius 1 is 1.14 bits per heavy atom. The highest BCUT2D eigenvalue weighted by Crippen LogP contribution is 2.38. The first-order chi connectivity index (χ1) is 10.0. The van der Waals surface area contributed by atoms with E-state index in [4.69, 9.17) is 4.74 Å². The third kappa shape index (κ3) is 3.34. The smallest absolute Gasteiger partial charge is 0.403 e. The number of ether oxygens (including phenoxy) is 1. The first kappa shape index (κ1) is 14.7. The lowest BCUT2D eigenvalue weighted by Gasteiger charge is -2.35. The molecule has 0 radical (unpaired) electrons. The fourth-order valence-corrected chi connectivity index (χ4v) is 3.47. The molecule has 2 aliphatic heterocycles.